The summed E-state index contributed by atoms with van der Waals surface area (Å²) in [6.45, 7) is 1.72. The first-order valence-electron chi connectivity index (χ1n) is 5.89. The van der Waals surface area contributed by atoms with Crippen LogP contribution in [0.5, 0.6) is 0 Å². The van der Waals surface area contributed by atoms with Crippen LogP contribution in [-0.4, -0.2) is 4.92 Å². The molecule has 0 fully saturated rings. The van der Waals surface area contributed by atoms with Crippen LogP contribution in [0.2, 0.25) is 0 Å². The third-order valence-corrected chi connectivity index (χ3v) is 3.93. The zero-order chi connectivity index (χ0) is 14.7. The van der Waals surface area contributed by atoms with Crippen molar-refractivity contribution in [2.45, 2.75) is 17.6 Å². The summed E-state index contributed by atoms with van der Waals surface area (Å²) in [6.07, 6.45) is 0. The van der Waals surface area contributed by atoms with Crippen LogP contribution < -0.4 is 5.73 Å². The molecule has 0 aliphatic heterocycles. The summed E-state index contributed by atoms with van der Waals surface area (Å²) in [6, 6.07) is 9.29. The van der Waals surface area contributed by atoms with E-state index in [2.05, 4.69) is 0 Å². The molecule has 2 N–H and O–H groups in total. The zero-order valence-electron chi connectivity index (χ0n) is 10.8. The molecule has 0 saturated heterocycles. The first-order chi connectivity index (χ1) is 9.47. The van der Waals surface area contributed by atoms with Gasteiger partial charge in [0.1, 0.15) is 5.82 Å². The van der Waals surface area contributed by atoms with Crippen LogP contribution in [0.4, 0.5) is 15.8 Å². The minimum absolute atomic E-state index is 0.0989. The molecular weight excluding hydrogens is 279 g/mol. The monoisotopic (exact) mass is 292 g/mol. The number of rotatable bonds is 4. The van der Waals surface area contributed by atoms with Crippen LogP contribution in [0, 0.1) is 22.9 Å². The molecule has 0 spiro atoms. The number of halogens is 1. The summed E-state index contributed by atoms with van der Waals surface area (Å²) in [5, 5.41) is 10.9. The molecule has 0 saturated carbocycles. The molecule has 0 radical (unpaired) electrons. The van der Waals surface area contributed by atoms with Crippen LogP contribution in [-0.2, 0) is 5.75 Å². The van der Waals surface area contributed by atoms with Gasteiger partial charge in [-0.15, -0.1) is 11.8 Å². The fraction of sp³-hybridized carbons (Fsp3) is 0.143. The highest BCUT2D eigenvalue weighted by Gasteiger charge is 2.13. The Bertz CT molecular complexity index is 641. The van der Waals surface area contributed by atoms with Crippen molar-refractivity contribution in [2.75, 3.05) is 5.73 Å². The van der Waals surface area contributed by atoms with Gasteiger partial charge in [0.25, 0.3) is 5.69 Å². The number of nitro benzene ring substituents is 1. The molecule has 0 atom stereocenters. The van der Waals surface area contributed by atoms with E-state index in [1.807, 2.05) is 6.07 Å². The second-order valence-electron chi connectivity index (χ2n) is 4.33. The van der Waals surface area contributed by atoms with Gasteiger partial charge in [0.05, 0.1) is 4.92 Å². The van der Waals surface area contributed by atoms with Crippen molar-refractivity contribution >= 4 is 23.1 Å². The standard InChI is InChI=1S/C14H13FN2O2S/c1-9-10(3-2-4-14(9)17(18)19)8-20-13-6-11(15)5-12(16)7-13/h2-7H,8,16H2,1H3. The van der Waals surface area contributed by atoms with Gasteiger partial charge in [-0.2, -0.15) is 0 Å². The third-order valence-electron chi connectivity index (χ3n) is 2.90. The number of benzene rings is 2. The lowest BCUT2D eigenvalue weighted by Crippen LogP contribution is -1.95. The number of nitrogen functional groups attached to an aromatic ring is 1. The van der Waals surface area contributed by atoms with Crippen LogP contribution in [0.3, 0.4) is 0 Å². The minimum Gasteiger partial charge on any atom is -0.399 e. The van der Waals surface area contributed by atoms with Crippen molar-refractivity contribution in [1.82, 2.24) is 0 Å². The van der Waals surface area contributed by atoms with E-state index in [0.717, 1.165) is 5.56 Å². The van der Waals surface area contributed by atoms with Crippen LogP contribution >= 0.6 is 11.8 Å². The van der Waals surface area contributed by atoms with Gasteiger partial charge < -0.3 is 5.73 Å². The highest BCUT2D eigenvalue weighted by Crippen LogP contribution is 2.29. The Morgan fingerprint density at radius 2 is 2.10 bits per heavy atom. The Balaban J connectivity index is 2.19. The quantitative estimate of drug-likeness (QED) is 0.401. The number of nitrogens with two attached hydrogens (primary N) is 1. The van der Waals surface area contributed by atoms with Gasteiger partial charge >= 0.3 is 0 Å². The first-order valence-corrected chi connectivity index (χ1v) is 6.87. The Labute approximate surface area is 119 Å². The molecule has 4 nitrogen and oxygen atoms in total. The highest BCUT2D eigenvalue weighted by molar-refractivity contribution is 7.98. The topological polar surface area (TPSA) is 69.2 Å². The second-order valence-corrected chi connectivity index (χ2v) is 5.38. The summed E-state index contributed by atoms with van der Waals surface area (Å²) in [7, 11) is 0. The molecule has 2 aromatic carbocycles. The summed E-state index contributed by atoms with van der Waals surface area (Å²) in [5.74, 6) is 0.138. The molecule has 0 heterocycles. The molecule has 6 heteroatoms. The fourth-order valence-corrected chi connectivity index (χ4v) is 2.90. The Morgan fingerprint density at radius 1 is 1.35 bits per heavy atom. The van der Waals surface area contributed by atoms with E-state index in [-0.39, 0.29) is 11.5 Å². The normalized spacial score (nSPS) is 10.5. The average Bonchev–Trinajstić information content (AvgIpc) is 2.36. The average molecular weight is 292 g/mol. The van der Waals surface area contributed by atoms with Gasteiger partial charge in [-0.1, -0.05) is 12.1 Å². The Kier molecular flexibility index (Phi) is 4.24. The number of nitrogens with zero attached hydrogens (tertiary/aromatic N) is 1. The SMILES string of the molecule is Cc1c(CSc2cc(N)cc(F)c2)cccc1[N+](=O)[O-]. The predicted molar refractivity (Wildman–Crippen MR) is 78.2 cm³/mol. The summed E-state index contributed by atoms with van der Waals surface area (Å²) >= 11 is 1.39. The number of nitro groups is 1. The predicted octanol–water partition coefficient (Wildman–Crippen LogP) is 3.92. The van der Waals surface area contributed by atoms with Gasteiger partial charge in [0.15, 0.2) is 0 Å². The smallest absolute Gasteiger partial charge is 0.272 e. The molecule has 0 amide bonds. The fourth-order valence-electron chi connectivity index (χ4n) is 1.85. The van der Waals surface area contributed by atoms with Crippen LogP contribution in [0.1, 0.15) is 11.1 Å². The molecule has 0 unspecified atom stereocenters. The van der Waals surface area contributed by atoms with E-state index >= 15 is 0 Å². The van der Waals surface area contributed by atoms with Crippen molar-refractivity contribution in [2.24, 2.45) is 0 Å². The number of hydrogen-bond donors (Lipinski definition) is 1. The van der Waals surface area contributed by atoms with Crippen LogP contribution in [0.15, 0.2) is 41.3 Å². The van der Waals surface area contributed by atoms with E-state index in [1.54, 1.807) is 19.1 Å². The molecule has 2 rings (SSSR count). The van der Waals surface area contributed by atoms with Crippen LogP contribution in [0.25, 0.3) is 0 Å². The maximum atomic E-state index is 13.2. The van der Waals surface area contributed by atoms with E-state index in [9.17, 15) is 14.5 Å². The van der Waals surface area contributed by atoms with Crippen molar-refractivity contribution in [3.63, 3.8) is 0 Å². The summed E-state index contributed by atoms with van der Waals surface area (Å²) < 4.78 is 13.2. The van der Waals surface area contributed by atoms with Crippen molar-refractivity contribution in [3.05, 3.63) is 63.5 Å². The molecular formula is C14H13FN2O2S. The second kappa shape index (κ2) is 5.92. The number of thioether (sulfide) groups is 1. The van der Waals surface area contributed by atoms with Crippen molar-refractivity contribution in [1.29, 1.82) is 0 Å². The molecule has 104 valence electrons. The lowest BCUT2D eigenvalue weighted by molar-refractivity contribution is -0.385. The Hall–Kier alpha value is -2.08. The lowest BCUT2D eigenvalue weighted by atomic mass is 10.1. The molecule has 0 aliphatic rings. The maximum absolute atomic E-state index is 13.2. The van der Waals surface area contributed by atoms with E-state index in [0.29, 0.717) is 21.9 Å². The van der Waals surface area contributed by atoms with Crippen molar-refractivity contribution < 1.29 is 9.31 Å². The molecule has 2 aromatic rings. The van der Waals surface area contributed by atoms with Gasteiger partial charge in [0.2, 0.25) is 0 Å². The molecule has 20 heavy (non-hydrogen) atoms. The van der Waals surface area contributed by atoms with E-state index in [4.69, 9.17) is 5.73 Å². The minimum atomic E-state index is -0.399. The molecule has 0 aliphatic carbocycles. The first kappa shape index (κ1) is 14.3. The largest absolute Gasteiger partial charge is 0.399 e. The summed E-state index contributed by atoms with van der Waals surface area (Å²) in [4.78, 5) is 11.2. The lowest BCUT2D eigenvalue weighted by Gasteiger charge is -2.07. The van der Waals surface area contributed by atoms with Gasteiger partial charge in [-0.25, -0.2) is 4.39 Å². The Morgan fingerprint density at radius 3 is 2.75 bits per heavy atom. The van der Waals surface area contributed by atoms with Crippen molar-refractivity contribution in [3.8, 4) is 0 Å². The highest BCUT2D eigenvalue weighted by atomic mass is 32.2. The maximum Gasteiger partial charge on any atom is 0.272 e. The van der Waals surface area contributed by atoms with Gasteiger partial charge in [-0.3, -0.25) is 10.1 Å². The summed E-state index contributed by atoms with van der Waals surface area (Å²) in [5.41, 5.74) is 7.53. The number of anilines is 1. The van der Waals surface area contributed by atoms with Gasteiger partial charge in [0, 0.05) is 28.0 Å². The zero-order valence-corrected chi connectivity index (χ0v) is 11.6. The molecule has 0 bridgehead atoms. The van der Waals surface area contributed by atoms with E-state index < -0.39 is 4.92 Å². The third kappa shape index (κ3) is 3.27. The van der Waals surface area contributed by atoms with E-state index in [1.165, 1.54) is 30.0 Å². The molecule has 0 aromatic heterocycles. The number of hydrogen-bond acceptors (Lipinski definition) is 4. The van der Waals surface area contributed by atoms with Gasteiger partial charge in [-0.05, 0) is 30.7 Å².